The molecule has 0 aliphatic heterocycles. The van der Waals surface area contributed by atoms with Gasteiger partial charge in [-0.1, -0.05) is 18.6 Å². The molecule has 0 atom stereocenters. The Balaban J connectivity index is 2.19. The first-order chi connectivity index (χ1) is 9.06. The molecule has 1 aromatic carbocycles. The first kappa shape index (κ1) is 12.5. The Bertz CT molecular complexity index is 661. The summed E-state index contributed by atoms with van der Waals surface area (Å²) in [6.07, 6.45) is 3.25. The highest BCUT2D eigenvalue weighted by molar-refractivity contribution is 7.80. The third kappa shape index (κ3) is 2.10. The Morgan fingerprint density at radius 2 is 2.05 bits per heavy atom. The summed E-state index contributed by atoms with van der Waals surface area (Å²) in [6, 6.07) is 2.29. The number of thiocarbonyl (C=S) groups is 1. The average Bonchev–Trinajstić information content (AvgIpc) is 2.55. The Morgan fingerprint density at radius 1 is 1.37 bits per heavy atom. The predicted molar refractivity (Wildman–Crippen MR) is 73.0 cm³/mol. The van der Waals surface area contributed by atoms with Gasteiger partial charge >= 0.3 is 0 Å². The van der Waals surface area contributed by atoms with Crippen molar-refractivity contribution in [3.05, 3.63) is 29.6 Å². The van der Waals surface area contributed by atoms with Gasteiger partial charge in [0.05, 0.1) is 22.6 Å². The Kier molecular flexibility index (Phi) is 2.97. The minimum absolute atomic E-state index is 0.308. The van der Waals surface area contributed by atoms with Gasteiger partial charge in [-0.05, 0) is 12.8 Å². The highest BCUT2D eigenvalue weighted by Gasteiger charge is 2.26. The summed E-state index contributed by atoms with van der Waals surface area (Å²) in [6.45, 7) is 0.308. The van der Waals surface area contributed by atoms with Crippen LogP contribution in [0.1, 0.15) is 31.0 Å². The van der Waals surface area contributed by atoms with Gasteiger partial charge in [0.1, 0.15) is 5.82 Å². The van der Waals surface area contributed by atoms with Crippen LogP contribution in [0.5, 0.6) is 0 Å². The van der Waals surface area contributed by atoms with E-state index >= 15 is 0 Å². The highest BCUT2D eigenvalue weighted by Crippen LogP contribution is 2.37. The monoisotopic (exact) mass is 281 g/mol. The molecule has 0 bridgehead atoms. The molecule has 1 saturated carbocycles. The molecule has 1 fully saturated rings. The van der Waals surface area contributed by atoms with E-state index in [2.05, 4.69) is 4.98 Å². The molecule has 0 saturated heterocycles. The number of halogens is 2. The number of nitrogens with zero attached hydrogens (tertiary/aromatic N) is 2. The van der Waals surface area contributed by atoms with Crippen molar-refractivity contribution in [3.8, 4) is 0 Å². The standard InChI is InChI=1S/C13H13F2N3S/c14-8-4-10-11(5-9(8)15)18(6-12(16)19)13(17-10)7-2-1-3-7/h4-5,7H,1-3,6H2,(H2,16,19). The lowest BCUT2D eigenvalue weighted by Crippen LogP contribution is -2.21. The van der Waals surface area contributed by atoms with E-state index in [1.165, 1.54) is 0 Å². The fourth-order valence-corrected chi connectivity index (χ4v) is 2.57. The number of nitrogens with two attached hydrogens (primary N) is 1. The van der Waals surface area contributed by atoms with Gasteiger partial charge in [0.15, 0.2) is 11.6 Å². The number of aromatic nitrogens is 2. The maximum absolute atomic E-state index is 13.4. The second-order valence-corrected chi connectivity index (χ2v) is 5.43. The quantitative estimate of drug-likeness (QED) is 0.880. The van der Waals surface area contributed by atoms with Crippen LogP contribution in [-0.4, -0.2) is 14.5 Å². The molecule has 0 spiro atoms. The molecule has 0 radical (unpaired) electrons. The van der Waals surface area contributed by atoms with Crippen LogP contribution >= 0.6 is 12.2 Å². The molecule has 3 nitrogen and oxygen atoms in total. The molecular weight excluding hydrogens is 268 g/mol. The highest BCUT2D eigenvalue weighted by atomic mass is 32.1. The minimum atomic E-state index is -0.882. The van der Waals surface area contributed by atoms with Gasteiger partial charge in [-0.3, -0.25) is 0 Å². The summed E-state index contributed by atoms with van der Waals surface area (Å²) in [4.78, 5) is 4.74. The molecule has 3 rings (SSSR count). The van der Waals surface area contributed by atoms with Crippen LogP contribution in [-0.2, 0) is 6.54 Å². The van der Waals surface area contributed by atoms with Crippen molar-refractivity contribution in [2.24, 2.45) is 5.73 Å². The number of fused-ring (bicyclic) bond motifs is 1. The minimum Gasteiger partial charge on any atom is -0.392 e. The molecule has 1 aliphatic rings. The zero-order valence-electron chi connectivity index (χ0n) is 10.2. The Morgan fingerprint density at radius 3 is 2.63 bits per heavy atom. The molecule has 1 heterocycles. The van der Waals surface area contributed by atoms with Gasteiger partial charge in [-0.25, -0.2) is 13.8 Å². The van der Waals surface area contributed by atoms with Crippen molar-refractivity contribution in [3.63, 3.8) is 0 Å². The van der Waals surface area contributed by atoms with Gasteiger partial charge in [0.25, 0.3) is 0 Å². The van der Waals surface area contributed by atoms with Crippen LogP contribution < -0.4 is 5.73 Å². The van der Waals surface area contributed by atoms with Crippen LogP contribution in [0, 0.1) is 11.6 Å². The van der Waals surface area contributed by atoms with E-state index in [0.29, 0.717) is 28.5 Å². The summed E-state index contributed by atoms with van der Waals surface area (Å²) in [5, 5.41) is 0. The van der Waals surface area contributed by atoms with Crippen molar-refractivity contribution < 1.29 is 8.78 Å². The van der Waals surface area contributed by atoms with Crippen LogP contribution in [0.25, 0.3) is 11.0 Å². The Hall–Kier alpha value is -1.56. The van der Waals surface area contributed by atoms with Crippen LogP contribution in [0.2, 0.25) is 0 Å². The molecule has 19 heavy (non-hydrogen) atoms. The third-order valence-electron chi connectivity index (χ3n) is 3.60. The van der Waals surface area contributed by atoms with Crippen molar-refractivity contribution in [2.75, 3.05) is 0 Å². The van der Waals surface area contributed by atoms with E-state index in [-0.39, 0.29) is 0 Å². The van der Waals surface area contributed by atoms with Crippen molar-refractivity contribution >= 4 is 28.2 Å². The third-order valence-corrected chi connectivity index (χ3v) is 3.73. The lowest BCUT2D eigenvalue weighted by Gasteiger charge is -2.25. The predicted octanol–water partition coefficient (Wildman–Crippen LogP) is 2.87. The van der Waals surface area contributed by atoms with E-state index in [9.17, 15) is 8.78 Å². The fraction of sp³-hybridized carbons (Fsp3) is 0.385. The summed E-state index contributed by atoms with van der Waals surface area (Å²) in [5.74, 6) is -0.587. The SMILES string of the molecule is NC(=S)Cn1c(C2CCC2)nc2cc(F)c(F)cc21. The largest absolute Gasteiger partial charge is 0.392 e. The molecule has 0 amide bonds. The van der Waals surface area contributed by atoms with E-state index < -0.39 is 11.6 Å². The second kappa shape index (κ2) is 4.52. The average molecular weight is 281 g/mol. The van der Waals surface area contributed by atoms with Crippen LogP contribution in [0.15, 0.2) is 12.1 Å². The fourth-order valence-electron chi connectivity index (χ4n) is 2.44. The van der Waals surface area contributed by atoms with E-state index in [0.717, 1.165) is 37.2 Å². The number of benzene rings is 1. The summed E-state index contributed by atoms with van der Waals surface area (Å²) in [7, 11) is 0. The van der Waals surface area contributed by atoms with Gasteiger partial charge in [0.2, 0.25) is 0 Å². The molecule has 0 unspecified atom stereocenters. The normalized spacial score (nSPS) is 15.7. The van der Waals surface area contributed by atoms with Crippen LogP contribution in [0.3, 0.4) is 0 Å². The lowest BCUT2D eigenvalue weighted by molar-refractivity contribution is 0.393. The Labute approximate surface area is 114 Å². The molecule has 2 aromatic rings. The van der Waals surface area contributed by atoms with E-state index in [4.69, 9.17) is 18.0 Å². The van der Waals surface area contributed by atoms with Crippen molar-refractivity contribution in [1.82, 2.24) is 9.55 Å². The van der Waals surface area contributed by atoms with Gasteiger partial charge in [-0.15, -0.1) is 0 Å². The maximum atomic E-state index is 13.4. The van der Waals surface area contributed by atoms with E-state index in [1.807, 2.05) is 4.57 Å². The number of imidazole rings is 1. The molecule has 100 valence electrons. The molecule has 1 aromatic heterocycles. The van der Waals surface area contributed by atoms with Crippen molar-refractivity contribution in [2.45, 2.75) is 31.7 Å². The number of hydrogen-bond donors (Lipinski definition) is 1. The smallest absolute Gasteiger partial charge is 0.161 e. The molecule has 1 aliphatic carbocycles. The van der Waals surface area contributed by atoms with Gasteiger partial charge in [0, 0.05) is 18.1 Å². The first-order valence-electron chi connectivity index (χ1n) is 6.19. The number of hydrogen-bond acceptors (Lipinski definition) is 2. The summed E-state index contributed by atoms with van der Waals surface area (Å²) in [5.41, 5.74) is 6.59. The number of rotatable bonds is 3. The second-order valence-electron chi connectivity index (χ2n) is 4.91. The van der Waals surface area contributed by atoms with Crippen molar-refractivity contribution in [1.29, 1.82) is 0 Å². The molecule has 2 N–H and O–H groups in total. The molecular formula is C13H13F2N3S. The van der Waals surface area contributed by atoms with E-state index in [1.54, 1.807) is 0 Å². The summed E-state index contributed by atoms with van der Waals surface area (Å²) < 4.78 is 28.5. The van der Waals surface area contributed by atoms with Crippen LogP contribution in [0.4, 0.5) is 8.78 Å². The lowest BCUT2D eigenvalue weighted by atomic mass is 9.85. The zero-order valence-corrected chi connectivity index (χ0v) is 11.0. The van der Waals surface area contributed by atoms with Gasteiger partial charge < -0.3 is 10.3 Å². The van der Waals surface area contributed by atoms with Gasteiger partial charge in [-0.2, -0.15) is 0 Å². The topological polar surface area (TPSA) is 43.8 Å². The maximum Gasteiger partial charge on any atom is 0.161 e. The molecule has 6 heteroatoms. The zero-order chi connectivity index (χ0) is 13.6. The first-order valence-corrected chi connectivity index (χ1v) is 6.60. The summed E-state index contributed by atoms with van der Waals surface area (Å²) >= 11 is 4.93.